The number of ether oxygens (including phenoxy) is 1. The van der Waals surface area contributed by atoms with Crippen molar-refractivity contribution in [1.82, 2.24) is 9.80 Å². The molecule has 126 valence electrons. The smallest absolute Gasteiger partial charge is 0.409 e. The first-order chi connectivity index (χ1) is 11.0. The molecule has 0 bridgehead atoms. The second kappa shape index (κ2) is 6.79. The average molecular weight is 317 g/mol. The van der Waals surface area contributed by atoms with Crippen molar-refractivity contribution < 1.29 is 9.53 Å². The molecule has 0 radical (unpaired) electrons. The van der Waals surface area contributed by atoms with Crippen LogP contribution in [0.15, 0.2) is 18.2 Å². The van der Waals surface area contributed by atoms with E-state index < -0.39 is 0 Å². The van der Waals surface area contributed by atoms with Crippen LogP contribution >= 0.6 is 0 Å². The highest BCUT2D eigenvalue weighted by atomic mass is 16.6. The molecule has 2 aliphatic heterocycles. The van der Waals surface area contributed by atoms with E-state index in [-0.39, 0.29) is 12.2 Å². The van der Waals surface area contributed by atoms with Crippen molar-refractivity contribution >= 4 is 11.8 Å². The second-order valence-electron chi connectivity index (χ2n) is 6.74. The number of likely N-dealkylation sites (N-methyl/N-ethyl adjacent to an activating group) is 1. The molecule has 0 N–H and O–H groups in total. The summed E-state index contributed by atoms with van der Waals surface area (Å²) in [5, 5.41) is 0. The van der Waals surface area contributed by atoms with Gasteiger partial charge >= 0.3 is 6.09 Å². The van der Waals surface area contributed by atoms with Crippen molar-refractivity contribution in [3.8, 4) is 0 Å². The molecular weight excluding hydrogens is 290 g/mol. The summed E-state index contributed by atoms with van der Waals surface area (Å²) in [6.45, 7) is 10.4. The van der Waals surface area contributed by atoms with Crippen LogP contribution in [0.2, 0.25) is 0 Å². The van der Waals surface area contributed by atoms with Crippen LogP contribution in [0, 0.1) is 13.8 Å². The molecule has 1 unspecified atom stereocenters. The third kappa shape index (κ3) is 3.61. The second-order valence-corrected chi connectivity index (χ2v) is 6.74. The zero-order valence-corrected chi connectivity index (χ0v) is 14.4. The number of amides is 1. The zero-order valence-electron chi connectivity index (χ0n) is 14.4. The number of cyclic esters (lactones) is 1. The summed E-state index contributed by atoms with van der Waals surface area (Å²) in [6.07, 6.45) is 0.804. The highest BCUT2D eigenvalue weighted by Gasteiger charge is 2.29. The number of hydrogen-bond donors (Lipinski definition) is 0. The lowest BCUT2D eigenvalue weighted by atomic mass is 10.1. The Labute approximate surface area is 138 Å². The van der Waals surface area contributed by atoms with Crippen molar-refractivity contribution in [2.45, 2.75) is 26.4 Å². The minimum absolute atomic E-state index is 0.0594. The van der Waals surface area contributed by atoms with Gasteiger partial charge in [-0.05, 0) is 31.4 Å². The number of nitrogens with zero attached hydrogens (tertiary/aromatic N) is 3. The van der Waals surface area contributed by atoms with Crippen LogP contribution in [0.1, 0.15) is 17.5 Å². The molecule has 1 atom stereocenters. The summed E-state index contributed by atoms with van der Waals surface area (Å²) in [5.41, 5.74) is 4.12. The van der Waals surface area contributed by atoms with E-state index in [1.165, 1.54) is 16.8 Å². The minimum Gasteiger partial charge on any atom is -0.444 e. The molecule has 2 heterocycles. The number of hydrogen-bond acceptors (Lipinski definition) is 4. The zero-order chi connectivity index (χ0) is 16.4. The molecule has 2 saturated heterocycles. The highest BCUT2D eigenvalue weighted by molar-refractivity contribution is 5.69. The lowest BCUT2D eigenvalue weighted by Gasteiger charge is -2.37. The van der Waals surface area contributed by atoms with E-state index in [9.17, 15) is 4.79 Å². The van der Waals surface area contributed by atoms with Crippen molar-refractivity contribution in [2.75, 3.05) is 51.2 Å². The normalized spacial score (nSPS) is 22.6. The summed E-state index contributed by atoms with van der Waals surface area (Å²) in [6, 6.07) is 6.52. The predicted molar refractivity (Wildman–Crippen MR) is 92.1 cm³/mol. The summed E-state index contributed by atoms with van der Waals surface area (Å²) in [7, 11) is 1.80. The molecule has 23 heavy (non-hydrogen) atoms. The number of para-hydroxylation sites is 1. The maximum Gasteiger partial charge on any atom is 0.409 e. The molecule has 1 amide bonds. The van der Waals surface area contributed by atoms with E-state index in [4.69, 9.17) is 4.74 Å². The summed E-state index contributed by atoms with van der Waals surface area (Å²) in [5.74, 6) is 0. The Morgan fingerprint density at radius 1 is 1.13 bits per heavy atom. The number of carbonyl (C=O) groups is 1. The number of benzene rings is 1. The van der Waals surface area contributed by atoms with Gasteiger partial charge in [-0.1, -0.05) is 18.2 Å². The highest BCUT2D eigenvalue weighted by Crippen LogP contribution is 2.25. The number of rotatable bonds is 4. The van der Waals surface area contributed by atoms with E-state index in [1.54, 1.807) is 11.9 Å². The monoisotopic (exact) mass is 317 g/mol. The molecule has 2 fully saturated rings. The van der Waals surface area contributed by atoms with Gasteiger partial charge in [-0.15, -0.1) is 0 Å². The summed E-state index contributed by atoms with van der Waals surface area (Å²) in [4.78, 5) is 18.0. The minimum atomic E-state index is -0.185. The maximum absolute atomic E-state index is 11.4. The topological polar surface area (TPSA) is 36.0 Å². The molecular formula is C18H27N3O2. The van der Waals surface area contributed by atoms with Crippen LogP contribution in [0.25, 0.3) is 0 Å². The van der Waals surface area contributed by atoms with Gasteiger partial charge in [0.25, 0.3) is 0 Å². The Balaban J connectivity index is 1.48. The van der Waals surface area contributed by atoms with Crippen molar-refractivity contribution in [2.24, 2.45) is 0 Å². The fraction of sp³-hybridized carbons (Fsp3) is 0.611. The first kappa shape index (κ1) is 16.1. The number of carbonyl (C=O) groups excluding carboxylic acids is 1. The van der Waals surface area contributed by atoms with Crippen LogP contribution < -0.4 is 4.90 Å². The summed E-state index contributed by atoms with van der Waals surface area (Å²) >= 11 is 0. The Morgan fingerprint density at radius 3 is 2.35 bits per heavy atom. The fourth-order valence-electron chi connectivity index (χ4n) is 3.63. The van der Waals surface area contributed by atoms with Gasteiger partial charge in [-0.2, -0.15) is 0 Å². The van der Waals surface area contributed by atoms with Crippen molar-refractivity contribution in [3.63, 3.8) is 0 Å². The molecule has 0 aromatic heterocycles. The van der Waals surface area contributed by atoms with E-state index >= 15 is 0 Å². The molecule has 5 nitrogen and oxygen atoms in total. The van der Waals surface area contributed by atoms with Crippen LogP contribution in [0.3, 0.4) is 0 Å². The van der Waals surface area contributed by atoms with Gasteiger partial charge in [-0.25, -0.2) is 4.79 Å². The Kier molecular flexibility index (Phi) is 4.76. The van der Waals surface area contributed by atoms with Crippen molar-refractivity contribution in [1.29, 1.82) is 0 Å². The van der Waals surface area contributed by atoms with E-state index in [0.29, 0.717) is 0 Å². The van der Waals surface area contributed by atoms with Gasteiger partial charge in [0.15, 0.2) is 0 Å². The SMILES string of the molecule is Cc1cccc(C)c1N1CCN(CCC2CN(C)C(=O)O2)CC1. The van der Waals surface area contributed by atoms with E-state index in [2.05, 4.69) is 41.8 Å². The van der Waals surface area contributed by atoms with Crippen LogP contribution in [-0.2, 0) is 4.74 Å². The lowest BCUT2D eigenvalue weighted by molar-refractivity contribution is 0.121. The third-order valence-corrected chi connectivity index (χ3v) is 4.95. The third-order valence-electron chi connectivity index (χ3n) is 4.95. The quantitative estimate of drug-likeness (QED) is 0.853. The van der Waals surface area contributed by atoms with Crippen LogP contribution in [0.5, 0.6) is 0 Å². The average Bonchev–Trinajstić information content (AvgIpc) is 2.85. The van der Waals surface area contributed by atoms with E-state index in [0.717, 1.165) is 45.7 Å². The predicted octanol–water partition coefficient (Wildman–Crippen LogP) is 2.27. The molecule has 1 aromatic rings. The van der Waals surface area contributed by atoms with Gasteiger partial charge < -0.3 is 14.5 Å². The first-order valence-electron chi connectivity index (χ1n) is 8.50. The molecule has 3 rings (SSSR count). The van der Waals surface area contributed by atoms with Gasteiger partial charge in [0.1, 0.15) is 6.10 Å². The lowest BCUT2D eigenvalue weighted by Crippen LogP contribution is -2.47. The van der Waals surface area contributed by atoms with Gasteiger partial charge in [0, 0.05) is 45.5 Å². The number of aryl methyl sites for hydroxylation is 2. The van der Waals surface area contributed by atoms with Gasteiger partial charge in [-0.3, -0.25) is 4.90 Å². The molecule has 2 aliphatic rings. The van der Waals surface area contributed by atoms with Gasteiger partial charge in [0.05, 0.1) is 6.54 Å². The Hall–Kier alpha value is -1.75. The fourth-order valence-corrected chi connectivity index (χ4v) is 3.63. The molecule has 5 heteroatoms. The number of piperazine rings is 1. The van der Waals surface area contributed by atoms with Crippen LogP contribution in [0.4, 0.5) is 10.5 Å². The van der Waals surface area contributed by atoms with Crippen molar-refractivity contribution in [3.05, 3.63) is 29.3 Å². The molecule has 1 aromatic carbocycles. The first-order valence-corrected chi connectivity index (χ1v) is 8.50. The van der Waals surface area contributed by atoms with Crippen LogP contribution in [-0.4, -0.2) is 68.3 Å². The van der Waals surface area contributed by atoms with Gasteiger partial charge in [0.2, 0.25) is 0 Å². The standard InChI is InChI=1S/C18H27N3O2/c1-14-5-4-6-15(2)17(14)21-11-9-20(10-12-21)8-7-16-13-19(3)18(22)23-16/h4-6,16H,7-13H2,1-3H3. The Morgan fingerprint density at radius 2 is 1.78 bits per heavy atom. The summed E-state index contributed by atoms with van der Waals surface area (Å²) < 4.78 is 5.34. The maximum atomic E-state index is 11.4. The largest absolute Gasteiger partial charge is 0.444 e. The molecule has 0 spiro atoms. The molecule has 0 saturated carbocycles. The molecule has 0 aliphatic carbocycles. The number of anilines is 1. The Bertz CT molecular complexity index is 547. The van der Waals surface area contributed by atoms with E-state index in [1.807, 2.05) is 0 Å².